The van der Waals surface area contributed by atoms with Crippen molar-refractivity contribution in [2.45, 2.75) is 209 Å². The van der Waals surface area contributed by atoms with Crippen molar-refractivity contribution in [3.8, 4) is 0 Å². The van der Waals surface area contributed by atoms with E-state index in [0.717, 1.165) is 68.1 Å². The zero-order valence-corrected chi connectivity index (χ0v) is 41.4. The van der Waals surface area contributed by atoms with Crippen molar-refractivity contribution in [1.29, 1.82) is 0 Å². The van der Waals surface area contributed by atoms with Crippen molar-refractivity contribution in [3.63, 3.8) is 0 Å². The maximum Gasteiger partial charge on any atom is 0.192 e. The second-order valence-corrected chi connectivity index (χ2v) is 32.6. The molecular formula is C47H80O9SSi2. The van der Waals surface area contributed by atoms with Gasteiger partial charge in [0.1, 0.15) is 0 Å². The lowest BCUT2D eigenvalue weighted by atomic mass is 9.89. The average molecular weight is 877 g/mol. The molecule has 4 heterocycles. The maximum atomic E-state index is 14.1. The molecule has 0 aliphatic carbocycles. The lowest BCUT2D eigenvalue weighted by Gasteiger charge is -2.42. The Hall–Kier alpha value is -1.20. The molecule has 5 rings (SSSR count). The summed E-state index contributed by atoms with van der Waals surface area (Å²) < 4.78 is 73.6. The molecule has 8 atom stereocenters. The van der Waals surface area contributed by atoms with Gasteiger partial charge in [-0.2, -0.15) is 0 Å². The van der Waals surface area contributed by atoms with E-state index in [1.165, 1.54) is 0 Å². The third-order valence-electron chi connectivity index (χ3n) is 14.3. The lowest BCUT2D eigenvalue weighted by molar-refractivity contribution is -0.0696. The Bertz CT molecular complexity index is 1640. The van der Waals surface area contributed by atoms with Gasteiger partial charge in [-0.15, -0.1) is 0 Å². The van der Waals surface area contributed by atoms with E-state index in [4.69, 9.17) is 32.5 Å². The SMILES string of the molecule is C=C1C[C@H](CCC2OCCO2)O[C@H]1CC[C@H]1CCC(=C)[C@@H](C[C@@H]2O[C@H](C[C@@H](CO[Si](C)(C)C(C)(C)C)O[Si](C)(C)C(C)(C)C)C[C@H]2CS(=O)(=O)c2ccc(CC)cc2)O1. The summed E-state index contributed by atoms with van der Waals surface area (Å²) in [5, 5.41) is 0.0957. The van der Waals surface area contributed by atoms with E-state index < -0.39 is 26.5 Å². The fourth-order valence-electron chi connectivity index (χ4n) is 8.37. The zero-order chi connectivity index (χ0) is 43.4. The number of ether oxygens (including phenoxy) is 5. The van der Waals surface area contributed by atoms with Gasteiger partial charge < -0.3 is 32.5 Å². The van der Waals surface area contributed by atoms with Gasteiger partial charge in [0, 0.05) is 25.2 Å². The van der Waals surface area contributed by atoms with E-state index in [-0.39, 0.29) is 70.8 Å². The van der Waals surface area contributed by atoms with Crippen LogP contribution in [0.25, 0.3) is 0 Å². The molecule has 4 aliphatic heterocycles. The minimum Gasteiger partial charge on any atom is -0.414 e. The van der Waals surface area contributed by atoms with Crippen LogP contribution in [-0.2, 0) is 48.8 Å². The maximum absolute atomic E-state index is 14.1. The number of hydrogen-bond acceptors (Lipinski definition) is 9. The van der Waals surface area contributed by atoms with Crippen molar-refractivity contribution in [2.75, 3.05) is 25.6 Å². The lowest BCUT2D eigenvalue weighted by Crippen LogP contribution is -2.48. The molecule has 0 unspecified atom stereocenters. The van der Waals surface area contributed by atoms with Gasteiger partial charge >= 0.3 is 0 Å². The summed E-state index contributed by atoms with van der Waals surface area (Å²) in [6.45, 7) is 35.5. The van der Waals surface area contributed by atoms with Gasteiger partial charge in [0.15, 0.2) is 32.8 Å². The zero-order valence-electron chi connectivity index (χ0n) is 38.6. The van der Waals surface area contributed by atoms with Crippen molar-refractivity contribution in [2.24, 2.45) is 5.92 Å². The first-order valence-corrected chi connectivity index (χ1v) is 30.1. The quantitative estimate of drug-likeness (QED) is 0.0994. The van der Waals surface area contributed by atoms with Gasteiger partial charge in [-0.25, -0.2) is 8.42 Å². The van der Waals surface area contributed by atoms with Crippen molar-refractivity contribution < 1.29 is 41.0 Å². The second kappa shape index (κ2) is 20.1. The third-order valence-corrected chi connectivity index (χ3v) is 25.2. The largest absolute Gasteiger partial charge is 0.414 e. The Morgan fingerprint density at radius 1 is 0.797 bits per heavy atom. The van der Waals surface area contributed by atoms with Crippen molar-refractivity contribution >= 4 is 26.5 Å². The van der Waals surface area contributed by atoms with Crippen LogP contribution < -0.4 is 0 Å². The molecular weight excluding hydrogens is 797 g/mol. The van der Waals surface area contributed by atoms with E-state index in [1.54, 1.807) is 12.1 Å². The summed E-state index contributed by atoms with van der Waals surface area (Å²) in [7, 11) is -7.80. The van der Waals surface area contributed by atoms with Gasteiger partial charge in [0.05, 0.1) is 73.2 Å². The monoisotopic (exact) mass is 877 g/mol. The van der Waals surface area contributed by atoms with Gasteiger partial charge in [0.2, 0.25) is 0 Å². The summed E-state index contributed by atoms with van der Waals surface area (Å²) >= 11 is 0. The number of sulfone groups is 1. The molecule has 336 valence electrons. The first-order chi connectivity index (χ1) is 27.5. The first-order valence-electron chi connectivity index (χ1n) is 22.6. The fourth-order valence-corrected chi connectivity index (χ4v) is 12.4. The molecule has 0 spiro atoms. The van der Waals surface area contributed by atoms with E-state index in [2.05, 4.69) is 87.8 Å². The molecule has 0 N–H and O–H groups in total. The summed E-state index contributed by atoms with van der Waals surface area (Å²) in [5.41, 5.74) is 3.34. The molecule has 0 amide bonds. The molecule has 59 heavy (non-hydrogen) atoms. The van der Waals surface area contributed by atoms with E-state index in [1.807, 2.05) is 12.1 Å². The van der Waals surface area contributed by atoms with Crippen LogP contribution in [0.2, 0.25) is 36.3 Å². The Morgan fingerprint density at radius 2 is 1.42 bits per heavy atom. The molecule has 0 bridgehead atoms. The summed E-state index contributed by atoms with van der Waals surface area (Å²) in [6.07, 6.45) is 8.16. The number of rotatable bonds is 19. The summed E-state index contributed by atoms with van der Waals surface area (Å²) in [5.74, 6) is -0.174. The number of benzene rings is 1. The van der Waals surface area contributed by atoms with Crippen LogP contribution in [0.5, 0.6) is 0 Å². The molecule has 0 radical (unpaired) electrons. The van der Waals surface area contributed by atoms with Crippen LogP contribution in [0, 0.1) is 5.92 Å². The van der Waals surface area contributed by atoms with E-state index in [0.29, 0.717) is 44.0 Å². The van der Waals surface area contributed by atoms with E-state index >= 15 is 0 Å². The van der Waals surface area contributed by atoms with Gasteiger partial charge in [-0.05, 0) is 116 Å². The van der Waals surface area contributed by atoms with Crippen LogP contribution in [0.1, 0.15) is 118 Å². The van der Waals surface area contributed by atoms with Crippen LogP contribution in [0.4, 0.5) is 0 Å². The summed E-state index contributed by atoms with van der Waals surface area (Å²) in [6, 6.07) is 7.38. The van der Waals surface area contributed by atoms with Crippen LogP contribution in [0.15, 0.2) is 53.5 Å². The molecule has 1 aromatic carbocycles. The standard InChI is InChI=1S/C47H80O9SSi2/c1-14-35-16-21-41(22-17-35)57(48,49)32-36-28-39(29-40(56-59(12,13)47(7,8)9)31-52-58(10,11)46(4,5)6)55-44(36)30-43-33(2)15-18-37(53-43)19-23-42-34(3)27-38(54-42)20-24-45-50-25-26-51-45/h16-17,21-22,36-40,42-45H,2-3,14-15,18-20,23-32H2,1,4-13H3/t36-,37+,38-,39-,40-,42-,43+,44-/m0/s1. The molecule has 12 heteroatoms. The van der Waals surface area contributed by atoms with Crippen molar-refractivity contribution in [3.05, 3.63) is 54.1 Å². The number of hydrogen-bond donors (Lipinski definition) is 0. The molecule has 0 saturated carbocycles. The van der Waals surface area contributed by atoms with Gasteiger partial charge in [-0.1, -0.05) is 73.8 Å². The summed E-state index contributed by atoms with van der Waals surface area (Å²) in [4.78, 5) is 0.371. The first kappa shape index (κ1) is 48.8. The highest BCUT2D eigenvalue weighted by molar-refractivity contribution is 7.91. The smallest absolute Gasteiger partial charge is 0.192 e. The fraction of sp³-hybridized carbons (Fsp3) is 0.787. The average Bonchev–Trinajstić information content (AvgIpc) is 3.89. The third kappa shape index (κ3) is 13.4. The molecule has 4 fully saturated rings. The predicted molar refractivity (Wildman–Crippen MR) is 243 cm³/mol. The second-order valence-electron chi connectivity index (χ2n) is 21.0. The van der Waals surface area contributed by atoms with Gasteiger partial charge in [-0.3, -0.25) is 0 Å². The molecule has 4 saturated heterocycles. The van der Waals surface area contributed by atoms with Gasteiger partial charge in [0.25, 0.3) is 0 Å². The molecule has 9 nitrogen and oxygen atoms in total. The van der Waals surface area contributed by atoms with Crippen LogP contribution in [-0.4, -0.2) is 99.6 Å². The molecule has 1 aromatic rings. The minimum atomic E-state index is -3.57. The minimum absolute atomic E-state index is 0.0256. The van der Waals surface area contributed by atoms with Crippen LogP contribution in [0.3, 0.4) is 0 Å². The highest BCUT2D eigenvalue weighted by atomic mass is 32.2. The highest BCUT2D eigenvalue weighted by Gasteiger charge is 2.45. The van der Waals surface area contributed by atoms with E-state index in [9.17, 15) is 8.42 Å². The normalized spacial score (nSPS) is 28.5. The topological polar surface area (TPSA) is 98.8 Å². The molecule has 4 aliphatic rings. The molecule has 0 aromatic heterocycles. The van der Waals surface area contributed by atoms with Crippen molar-refractivity contribution in [1.82, 2.24) is 0 Å². The Kier molecular flexibility index (Phi) is 16.6. The Balaban J connectivity index is 1.28. The van der Waals surface area contributed by atoms with Crippen LogP contribution >= 0.6 is 0 Å². The Labute approximate surface area is 360 Å². The Morgan fingerprint density at radius 3 is 2.05 bits per heavy atom. The number of aryl methyl sites for hydroxylation is 1. The predicted octanol–water partition coefficient (Wildman–Crippen LogP) is 10.7. The highest BCUT2D eigenvalue weighted by Crippen LogP contribution is 2.43.